The summed E-state index contributed by atoms with van der Waals surface area (Å²) < 4.78 is 0. The number of benzene rings is 2. The van der Waals surface area contributed by atoms with Crippen LogP contribution in [0.25, 0.3) is 0 Å². The normalized spacial score (nSPS) is 16.1. The predicted molar refractivity (Wildman–Crippen MR) is 83.0 cm³/mol. The molecule has 3 rings (SSSR count). The van der Waals surface area contributed by atoms with Gasteiger partial charge in [-0.05, 0) is 49.3 Å². The monoisotopic (exact) mass is 266 g/mol. The van der Waals surface area contributed by atoms with Gasteiger partial charge in [0.25, 0.3) is 0 Å². The van der Waals surface area contributed by atoms with Gasteiger partial charge in [0.2, 0.25) is 0 Å². The van der Waals surface area contributed by atoms with E-state index in [4.69, 9.17) is 0 Å². The largest absolute Gasteiger partial charge is 0.388 e. The average Bonchev–Trinajstić information content (AvgIpc) is 3.21. The SMILES string of the molecule is Cc1cc(C)cc(CC(O)c2ccccc2C2CC2)c1. The lowest BCUT2D eigenvalue weighted by Crippen LogP contribution is -2.05. The zero-order valence-electron chi connectivity index (χ0n) is 12.3. The summed E-state index contributed by atoms with van der Waals surface area (Å²) in [6.45, 7) is 4.22. The molecular weight excluding hydrogens is 244 g/mol. The first-order valence-electron chi connectivity index (χ1n) is 7.47. The Balaban J connectivity index is 1.84. The number of hydrogen-bond acceptors (Lipinski definition) is 1. The van der Waals surface area contributed by atoms with E-state index >= 15 is 0 Å². The highest BCUT2D eigenvalue weighted by Crippen LogP contribution is 2.43. The van der Waals surface area contributed by atoms with Crippen LogP contribution >= 0.6 is 0 Å². The van der Waals surface area contributed by atoms with Gasteiger partial charge in [0.05, 0.1) is 6.10 Å². The number of hydrogen-bond donors (Lipinski definition) is 1. The van der Waals surface area contributed by atoms with Crippen LogP contribution in [-0.4, -0.2) is 5.11 Å². The molecule has 0 heterocycles. The topological polar surface area (TPSA) is 20.2 Å². The van der Waals surface area contributed by atoms with Gasteiger partial charge in [0.15, 0.2) is 0 Å². The summed E-state index contributed by atoms with van der Waals surface area (Å²) in [4.78, 5) is 0. The molecule has 1 fully saturated rings. The highest BCUT2D eigenvalue weighted by molar-refractivity contribution is 5.36. The Kier molecular flexibility index (Phi) is 3.62. The van der Waals surface area contributed by atoms with E-state index in [2.05, 4.69) is 50.2 Å². The van der Waals surface area contributed by atoms with E-state index in [1.807, 2.05) is 6.07 Å². The Hall–Kier alpha value is -1.60. The fourth-order valence-corrected chi connectivity index (χ4v) is 3.10. The number of aryl methyl sites for hydroxylation is 2. The van der Waals surface area contributed by atoms with Crippen LogP contribution in [0.4, 0.5) is 0 Å². The summed E-state index contributed by atoms with van der Waals surface area (Å²) in [6, 6.07) is 14.9. The third kappa shape index (κ3) is 2.94. The van der Waals surface area contributed by atoms with Gasteiger partial charge in [-0.25, -0.2) is 0 Å². The zero-order chi connectivity index (χ0) is 14.1. The van der Waals surface area contributed by atoms with Gasteiger partial charge < -0.3 is 5.11 Å². The number of aliphatic hydroxyl groups excluding tert-OH is 1. The smallest absolute Gasteiger partial charge is 0.0833 e. The van der Waals surface area contributed by atoms with Crippen molar-refractivity contribution < 1.29 is 5.11 Å². The van der Waals surface area contributed by atoms with E-state index in [0.717, 1.165) is 5.56 Å². The lowest BCUT2D eigenvalue weighted by molar-refractivity contribution is 0.177. The van der Waals surface area contributed by atoms with Crippen molar-refractivity contribution in [2.75, 3.05) is 0 Å². The molecule has 1 aliphatic rings. The van der Waals surface area contributed by atoms with Gasteiger partial charge in [-0.2, -0.15) is 0 Å². The van der Waals surface area contributed by atoms with Gasteiger partial charge in [0.1, 0.15) is 0 Å². The van der Waals surface area contributed by atoms with Gasteiger partial charge in [-0.15, -0.1) is 0 Å². The van der Waals surface area contributed by atoms with E-state index in [1.165, 1.54) is 35.1 Å². The molecule has 1 N–H and O–H groups in total. The van der Waals surface area contributed by atoms with Crippen LogP contribution in [-0.2, 0) is 6.42 Å². The van der Waals surface area contributed by atoms with Crippen LogP contribution in [0.2, 0.25) is 0 Å². The summed E-state index contributed by atoms with van der Waals surface area (Å²) in [5.74, 6) is 0.681. The molecule has 1 nitrogen and oxygen atoms in total. The van der Waals surface area contributed by atoms with Gasteiger partial charge in [-0.3, -0.25) is 0 Å². The molecule has 1 atom stereocenters. The maximum atomic E-state index is 10.6. The second-order valence-electron chi connectivity index (χ2n) is 6.12. The Morgan fingerprint density at radius 3 is 2.35 bits per heavy atom. The maximum Gasteiger partial charge on any atom is 0.0833 e. The van der Waals surface area contributed by atoms with E-state index in [-0.39, 0.29) is 0 Å². The molecule has 0 aromatic heterocycles. The minimum atomic E-state index is -0.395. The molecule has 0 radical (unpaired) electrons. The highest BCUT2D eigenvalue weighted by Gasteiger charge is 2.27. The second kappa shape index (κ2) is 5.41. The Morgan fingerprint density at radius 1 is 1.05 bits per heavy atom. The molecule has 104 valence electrons. The third-order valence-corrected chi connectivity index (χ3v) is 4.08. The highest BCUT2D eigenvalue weighted by atomic mass is 16.3. The van der Waals surface area contributed by atoms with Crippen LogP contribution in [0.15, 0.2) is 42.5 Å². The molecule has 1 aliphatic carbocycles. The molecule has 0 spiro atoms. The van der Waals surface area contributed by atoms with Crippen molar-refractivity contribution in [1.82, 2.24) is 0 Å². The van der Waals surface area contributed by atoms with Crippen molar-refractivity contribution in [1.29, 1.82) is 0 Å². The fourth-order valence-electron chi connectivity index (χ4n) is 3.10. The summed E-state index contributed by atoms with van der Waals surface area (Å²) in [7, 11) is 0. The molecule has 1 heteroatoms. The van der Waals surface area contributed by atoms with Crippen LogP contribution in [0.5, 0.6) is 0 Å². The van der Waals surface area contributed by atoms with Gasteiger partial charge in [-0.1, -0.05) is 53.6 Å². The van der Waals surface area contributed by atoms with Crippen LogP contribution in [0.3, 0.4) is 0 Å². The average molecular weight is 266 g/mol. The molecule has 2 aromatic carbocycles. The third-order valence-electron chi connectivity index (χ3n) is 4.08. The lowest BCUT2D eigenvalue weighted by Gasteiger charge is -2.16. The molecule has 0 bridgehead atoms. The molecule has 0 saturated heterocycles. The quantitative estimate of drug-likeness (QED) is 0.866. The molecule has 1 saturated carbocycles. The van der Waals surface area contributed by atoms with Crippen molar-refractivity contribution in [3.8, 4) is 0 Å². The summed E-state index contributed by atoms with van der Waals surface area (Å²) >= 11 is 0. The molecule has 20 heavy (non-hydrogen) atoms. The Bertz CT molecular complexity index is 591. The fraction of sp³-hybridized carbons (Fsp3) is 0.368. The van der Waals surface area contributed by atoms with E-state index in [0.29, 0.717) is 12.3 Å². The van der Waals surface area contributed by atoms with Crippen molar-refractivity contribution in [3.05, 3.63) is 70.3 Å². The standard InChI is InChI=1S/C19H22O/c1-13-9-14(2)11-15(10-13)12-19(20)18-6-4-3-5-17(18)16-7-8-16/h3-6,9-11,16,19-20H,7-8,12H2,1-2H3. The predicted octanol–water partition coefficient (Wildman–Crippen LogP) is 4.46. The minimum Gasteiger partial charge on any atom is -0.388 e. The summed E-state index contributed by atoms with van der Waals surface area (Å²) in [5, 5.41) is 10.6. The van der Waals surface area contributed by atoms with Crippen LogP contribution < -0.4 is 0 Å². The van der Waals surface area contributed by atoms with Crippen molar-refractivity contribution in [3.63, 3.8) is 0 Å². The van der Waals surface area contributed by atoms with Crippen LogP contribution in [0, 0.1) is 13.8 Å². The molecule has 0 amide bonds. The van der Waals surface area contributed by atoms with E-state index in [1.54, 1.807) is 0 Å². The van der Waals surface area contributed by atoms with Crippen molar-refractivity contribution in [2.24, 2.45) is 0 Å². The second-order valence-corrected chi connectivity index (χ2v) is 6.12. The Morgan fingerprint density at radius 2 is 1.70 bits per heavy atom. The van der Waals surface area contributed by atoms with Crippen LogP contribution in [0.1, 0.15) is 52.7 Å². The first-order valence-corrected chi connectivity index (χ1v) is 7.47. The molecule has 0 aliphatic heterocycles. The molecule has 1 unspecified atom stereocenters. The van der Waals surface area contributed by atoms with Gasteiger partial charge >= 0.3 is 0 Å². The van der Waals surface area contributed by atoms with Crippen molar-refractivity contribution >= 4 is 0 Å². The molecule has 2 aromatic rings. The first-order chi connectivity index (χ1) is 9.63. The lowest BCUT2D eigenvalue weighted by atomic mass is 9.94. The van der Waals surface area contributed by atoms with Gasteiger partial charge in [0, 0.05) is 6.42 Å². The van der Waals surface area contributed by atoms with E-state index in [9.17, 15) is 5.11 Å². The minimum absolute atomic E-state index is 0.395. The summed E-state index contributed by atoms with van der Waals surface area (Å²) in [5.41, 5.74) is 6.23. The first kappa shape index (κ1) is 13.4. The number of aliphatic hydroxyl groups is 1. The molecular formula is C19H22O. The summed E-state index contributed by atoms with van der Waals surface area (Å²) in [6.07, 6.45) is 2.85. The maximum absolute atomic E-state index is 10.6. The number of rotatable bonds is 4. The van der Waals surface area contributed by atoms with Crippen molar-refractivity contribution in [2.45, 2.75) is 45.1 Å². The zero-order valence-corrected chi connectivity index (χ0v) is 12.3. The van der Waals surface area contributed by atoms with E-state index < -0.39 is 6.10 Å². The Labute approximate surface area is 121 Å².